The molecule has 1 atom stereocenters. The van der Waals surface area contributed by atoms with Gasteiger partial charge in [0.1, 0.15) is 17.8 Å². The van der Waals surface area contributed by atoms with Crippen molar-refractivity contribution in [1.29, 1.82) is 0 Å². The zero-order valence-electron chi connectivity index (χ0n) is 18.6. The standard InChI is InChI=1S/C26H27NO6/c1-3-12-32-23-11-10-18(14-24(23)30-2)16-27(17-20-8-6-13-31-20)25(28)21-15-19-7-4-5-9-22(19)33-26(21)29/h3-5,7,9-11,14-15,20H,1,6,8,12-13,16-17H2,2H3. The lowest BCUT2D eigenvalue weighted by Crippen LogP contribution is -2.38. The van der Waals surface area contributed by atoms with Gasteiger partial charge in [-0.2, -0.15) is 0 Å². The average molecular weight is 450 g/mol. The molecule has 1 amide bonds. The highest BCUT2D eigenvalue weighted by Crippen LogP contribution is 2.29. The van der Waals surface area contributed by atoms with Crippen molar-refractivity contribution in [2.75, 3.05) is 26.9 Å². The van der Waals surface area contributed by atoms with Gasteiger partial charge in [-0.05, 0) is 42.7 Å². The Morgan fingerprint density at radius 1 is 1.21 bits per heavy atom. The summed E-state index contributed by atoms with van der Waals surface area (Å²) < 4.78 is 22.2. The highest BCUT2D eigenvalue weighted by Gasteiger charge is 2.26. The van der Waals surface area contributed by atoms with Crippen molar-refractivity contribution in [2.24, 2.45) is 0 Å². The first-order valence-corrected chi connectivity index (χ1v) is 10.9. The molecule has 7 heteroatoms. The molecule has 2 aromatic carbocycles. The number of fused-ring (bicyclic) bond motifs is 1. The van der Waals surface area contributed by atoms with Gasteiger partial charge in [-0.15, -0.1) is 0 Å². The number of carbonyl (C=O) groups is 1. The van der Waals surface area contributed by atoms with Crippen LogP contribution < -0.4 is 15.1 Å². The number of rotatable bonds is 9. The molecule has 3 aromatic rings. The van der Waals surface area contributed by atoms with Gasteiger partial charge in [0.05, 0.1) is 13.2 Å². The highest BCUT2D eigenvalue weighted by molar-refractivity contribution is 5.96. The van der Waals surface area contributed by atoms with Gasteiger partial charge < -0.3 is 23.5 Å². The Hall–Kier alpha value is -3.58. The van der Waals surface area contributed by atoms with Gasteiger partial charge in [0.2, 0.25) is 0 Å². The van der Waals surface area contributed by atoms with Crippen LogP contribution in [0.3, 0.4) is 0 Å². The number of methoxy groups -OCH3 is 1. The third-order valence-corrected chi connectivity index (χ3v) is 5.57. The van der Waals surface area contributed by atoms with Crippen molar-refractivity contribution in [3.63, 3.8) is 0 Å². The number of amides is 1. The van der Waals surface area contributed by atoms with Crippen LogP contribution in [0.1, 0.15) is 28.8 Å². The molecule has 172 valence electrons. The maximum Gasteiger partial charge on any atom is 0.349 e. The minimum atomic E-state index is -0.651. The van der Waals surface area contributed by atoms with E-state index in [2.05, 4.69) is 6.58 Å². The number of para-hydroxylation sites is 1. The molecule has 1 aliphatic rings. The van der Waals surface area contributed by atoms with Crippen LogP contribution in [-0.2, 0) is 11.3 Å². The summed E-state index contributed by atoms with van der Waals surface area (Å²) in [6, 6.07) is 14.2. The van der Waals surface area contributed by atoms with E-state index in [4.69, 9.17) is 18.6 Å². The molecule has 1 unspecified atom stereocenters. The minimum Gasteiger partial charge on any atom is -0.493 e. The van der Waals surface area contributed by atoms with Gasteiger partial charge in [0, 0.05) is 25.1 Å². The Bertz CT molecular complexity index is 1190. The topological polar surface area (TPSA) is 78.2 Å². The Labute approximate surface area is 192 Å². The molecule has 0 bridgehead atoms. The van der Waals surface area contributed by atoms with Gasteiger partial charge in [-0.25, -0.2) is 4.79 Å². The SMILES string of the molecule is C=CCOc1ccc(CN(CC2CCCO2)C(=O)c2cc3ccccc3oc2=O)cc1OC. The summed E-state index contributed by atoms with van der Waals surface area (Å²) in [5.74, 6) is 0.758. The van der Waals surface area contributed by atoms with E-state index < -0.39 is 11.5 Å². The zero-order chi connectivity index (χ0) is 23.2. The predicted molar refractivity (Wildman–Crippen MR) is 125 cm³/mol. The highest BCUT2D eigenvalue weighted by atomic mass is 16.5. The van der Waals surface area contributed by atoms with E-state index in [9.17, 15) is 9.59 Å². The number of hydrogen-bond acceptors (Lipinski definition) is 6. The van der Waals surface area contributed by atoms with Gasteiger partial charge in [-0.3, -0.25) is 4.79 Å². The fourth-order valence-corrected chi connectivity index (χ4v) is 3.93. The molecule has 0 N–H and O–H groups in total. The summed E-state index contributed by atoms with van der Waals surface area (Å²) in [5, 5.41) is 0.697. The molecule has 1 fully saturated rings. The second kappa shape index (κ2) is 10.4. The van der Waals surface area contributed by atoms with Crippen molar-refractivity contribution < 1.29 is 23.4 Å². The Balaban J connectivity index is 1.64. The molecular formula is C26H27NO6. The van der Waals surface area contributed by atoms with Crippen LogP contribution in [0, 0.1) is 0 Å². The molecule has 1 saturated heterocycles. The summed E-state index contributed by atoms with van der Waals surface area (Å²) in [5.41, 5.74) is 0.644. The number of benzene rings is 2. The molecule has 0 aliphatic carbocycles. The summed E-state index contributed by atoms with van der Waals surface area (Å²) in [6.45, 7) is 5.35. The Morgan fingerprint density at radius 2 is 2.06 bits per heavy atom. The molecule has 1 aliphatic heterocycles. The lowest BCUT2D eigenvalue weighted by molar-refractivity contribution is 0.0504. The number of hydrogen-bond donors (Lipinski definition) is 0. The monoisotopic (exact) mass is 449 g/mol. The normalized spacial score (nSPS) is 15.4. The van der Waals surface area contributed by atoms with Crippen molar-refractivity contribution >= 4 is 16.9 Å². The van der Waals surface area contributed by atoms with Crippen LogP contribution in [0.2, 0.25) is 0 Å². The van der Waals surface area contributed by atoms with Crippen molar-refractivity contribution in [1.82, 2.24) is 4.90 Å². The summed E-state index contributed by atoms with van der Waals surface area (Å²) in [6.07, 6.45) is 3.41. The molecule has 7 nitrogen and oxygen atoms in total. The third kappa shape index (κ3) is 5.26. The minimum absolute atomic E-state index is 0.00426. The van der Waals surface area contributed by atoms with Gasteiger partial charge >= 0.3 is 5.63 Å². The number of ether oxygens (including phenoxy) is 3. The van der Waals surface area contributed by atoms with Gasteiger partial charge in [-0.1, -0.05) is 36.9 Å². The first-order chi connectivity index (χ1) is 16.1. The summed E-state index contributed by atoms with van der Waals surface area (Å²) in [7, 11) is 1.56. The van der Waals surface area contributed by atoms with Crippen molar-refractivity contribution in [3.8, 4) is 11.5 Å². The Kier molecular flexibility index (Phi) is 7.10. The van der Waals surface area contributed by atoms with E-state index in [0.717, 1.165) is 18.4 Å². The van der Waals surface area contributed by atoms with Crippen LogP contribution in [-0.4, -0.2) is 43.8 Å². The van der Waals surface area contributed by atoms with Crippen LogP contribution in [0.25, 0.3) is 11.0 Å². The molecule has 0 spiro atoms. The van der Waals surface area contributed by atoms with Crippen LogP contribution in [0.15, 0.2) is 70.4 Å². The van der Waals surface area contributed by atoms with E-state index >= 15 is 0 Å². The fourth-order valence-electron chi connectivity index (χ4n) is 3.93. The van der Waals surface area contributed by atoms with E-state index in [1.807, 2.05) is 24.3 Å². The molecule has 2 heterocycles. The van der Waals surface area contributed by atoms with Crippen molar-refractivity contribution in [3.05, 3.63) is 82.7 Å². The first-order valence-electron chi connectivity index (χ1n) is 10.9. The molecular weight excluding hydrogens is 422 g/mol. The van der Waals surface area contributed by atoms with Crippen molar-refractivity contribution in [2.45, 2.75) is 25.5 Å². The van der Waals surface area contributed by atoms with Crippen LogP contribution in [0.4, 0.5) is 0 Å². The third-order valence-electron chi connectivity index (χ3n) is 5.57. The zero-order valence-corrected chi connectivity index (χ0v) is 18.6. The lowest BCUT2D eigenvalue weighted by Gasteiger charge is -2.26. The quantitative estimate of drug-likeness (QED) is 0.360. The largest absolute Gasteiger partial charge is 0.493 e. The van der Waals surface area contributed by atoms with E-state index in [1.54, 1.807) is 42.4 Å². The molecule has 0 saturated carbocycles. The molecule has 1 aromatic heterocycles. The van der Waals surface area contributed by atoms with E-state index in [1.165, 1.54) is 0 Å². The van der Waals surface area contributed by atoms with Gasteiger partial charge in [0.15, 0.2) is 11.5 Å². The fraction of sp³-hybridized carbons (Fsp3) is 0.308. The lowest BCUT2D eigenvalue weighted by atomic mass is 10.1. The molecule has 0 radical (unpaired) electrons. The number of nitrogens with zero attached hydrogens (tertiary/aromatic N) is 1. The number of carbonyl (C=O) groups excluding carboxylic acids is 1. The molecule has 33 heavy (non-hydrogen) atoms. The predicted octanol–water partition coefficient (Wildman–Crippen LogP) is 4.19. The first kappa shape index (κ1) is 22.6. The average Bonchev–Trinajstić information content (AvgIpc) is 3.35. The van der Waals surface area contributed by atoms with Crippen LogP contribution in [0.5, 0.6) is 11.5 Å². The summed E-state index contributed by atoms with van der Waals surface area (Å²) in [4.78, 5) is 27.8. The van der Waals surface area contributed by atoms with E-state index in [-0.39, 0.29) is 18.2 Å². The Morgan fingerprint density at radius 3 is 2.82 bits per heavy atom. The van der Waals surface area contributed by atoms with Gasteiger partial charge in [0.25, 0.3) is 5.91 Å². The second-order valence-electron chi connectivity index (χ2n) is 7.89. The maximum atomic E-state index is 13.5. The molecule has 4 rings (SSSR count). The summed E-state index contributed by atoms with van der Waals surface area (Å²) >= 11 is 0. The van der Waals surface area contributed by atoms with E-state index in [0.29, 0.717) is 42.2 Å². The smallest absolute Gasteiger partial charge is 0.349 e. The maximum absolute atomic E-state index is 13.5. The van der Waals surface area contributed by atoms with Crippen LogP contribution >= 0.6 is 0 Å². The second-order valence-corrected chi connectivity index (χ2v) is 7.89.